The summed E-state index contributed by atoms with van der Waals surface area (Å²) in [5.74, 6) is 0.0331. The normalized spacial score (nSPS) is 23.8. The Hall–Kier alpha value is -2.48. The van der Waals surface area contributed by atoms with Crippen LogP contribution < -0.4 is 5.69 Å². The molecule has 0 unspecified atom stereocenters. The Morgan fingerprint density at radius 1 is 1.12 bits per heavy atom. The molecule has 3 heterocycles. The first kappa shape index (κ1) is 16.0. The van der Waals surface area contributed by atoms with Gasteiger partial charge in [0.25, 0.3) is 5.91 Å². The van der Waals surface area contributed by atoms with Gasteiger partial charge in [0.15, 0.2) is 0 Å². The van der Waals surface area contributed by atoms with Gasteiger partial charge in [-0.15, -0.1) is 0 Å². The molecule has 2 atom stereocenters. The van der Waals surface area contributed by atoms with Gasteiger partial charge in [-0.3, -0.25) is 4.79 Å². The van der Waals surface area contributed by atoms with Crippen molar-refractivity contribution in [1.29, 1.82) is 0 Å². The Morgan fingerprint density at radius 2 is 1.96 bits per heavy atom. The molecular weight excluding hydrogens is 322 g/mol. The van der Waals surface area contributed by atoms with E-state index in [-0.39, 0.29) is 23.7 Å². The molecule has 8 heteroatoms. The molecule has 0 saturated carbocycles. The van der Waals surface area contributed by atoms with Crippen molar-refractivity contribution in [2.45, 2.75) is 37.8 Å². The molecule has 2 saturated heterocycles. The zero-order valence-corrected chi connectivity index (χ0v) is 14.0. The Kier molecular flexibility index (Phi) is 4.35. The monoisotopic (exact) mass is 343 g/mol. The lowest BCUT2D eigenvalue weighted by Gasteiger charge is -2.33. The van der Waals surface area contributed by atoms with Crippen LogP contribution in [0.5, 0.6) is 0 Å². The number of aromatic nitrogens is 4. The van der Waals surface area contributed by atoms with Crippen LogP contribution in [0, 0.1) is 0 Å². The number of carbonyl (C=O) groups excluding carboxylic acids is 1. The van der Waals surface area contributed by atoms with Gasteiger partial charge in [0.2, 0.25) is 0 Å². The van der Waals surface area contributed by atoms with Crippen molar-refractivity contribution < 1.29 is 9.53 Å². The minimum absolute atomic E-state index is 0.0331. The fourth-order valence-electron chi connectivity index (χ4n) is 3.55. The summed E-state index contributed by atoms with van der Waals surface area (Å²) < 4.78 is 8.20. The zero-order chi connectivity index (χ0) is 17.2. The predicted molar refractivity (Wildman–Crippen MR) is 89.4 cm³/mol. The molecule has 1 aromatic heterocycles. The minimum atomic E-state index is -0.324. The van der Waals surface area contributed by atoms with E-state index in [9.17, 15) is 9.59 Å². The van der Waals surface area contributed by atoms with Gasteiger partial charge in [-0.25, -0.2) is 4.79 Å². The van der Waals surface area contributed by atoms with Crippen molar-refractivity contribution in [1.82, 2.24) is 24.7 Å². The van der Waals surface area contributed by atoms with Gasteiger partial charge in [-0.1, -0.05) is 18.2 Å². The van der Waals surface area contributed by atoms with Gasteiger partial charge < -0.3 is 9.64 Å². The second-order valence-electron chi connectivity index (χ2n) is 6.54. The van der Waals surface area contributed by atoms with E-state index in [0.717, 1.165) is 25.7 Å². The Labute approximate surface area is 145 Å². The summed E-state index contributed by atoms with van der Waals surface area (Å²) in [4.78, 5) is 27.0. The third-order valence-corrected chi connectivity index (χ3v) is 4.86. The Balaban J connectivity index is 1.53. The van der Waals surface area contributed by atoms with E-state index in [1.807, 2.05) is 30.3 Å². The molecule has 0 N–H and O–H groups in total. The van der Waals surface area contributed by atoms with Gasteiger partial charge in [0.05, 0.1) is 11.7 Å². The molecule has 2 aliphatic heterocycles. The summed E-state index contributed by atoms with van der Waals surface area (Å²) in [6.07, 6.45) is 3.04. The highest BCUT2D eigenvalue weighted by molar-refractivity contribution is 5.81. The minimum Gasteiger partial charge on any atom is -0.368 e. The molecule has 2 fully saturated rings. The summed E-state index contributed by atoms with van der Waals surface area (Å²) in [7, 11) is 0. The first-order valence-electron chi connectivity index (χ1n) is 8.74. The average molecular weight is 343 g/mol. The first-order valence-corrected chi connectivity index (χ1v) is 8.74. The molecule has 1 amide bonds. The summed E-state index contributed by atoms with van der Waals surface area (Å²) in [6.45, 7) is 1.83. The molecule has 8 nitrogen and oxygen atoms in total. The summed E-state index contributed by atoms with van der Waals surface area (Å²) in [6, 6.07) is 9.06. The number of hydrogen-bond donors (Lipinski definition) is 0. The standard InChI is InChI=1S/C17H21N5O3/c23-16(15-9-5-11-25-15)20-10-4-8-14(12-20)22-17(24)21(18-19-22)13-6-2-1-3-7-13/h1-3,6-7,14-15H,4-5,8-12H2/t14-,15-/m0/s1. The molecule has 4 rings (SSSR count). The van der Waals surface area contributed by atoms with Crippen molar-refractivity contribution in [3.8, 4) is 5.69 Å². The number of amides is 1. The van der Waals surface area contributed by atoms with Crippen molar-refractivity contribution in [3.05, 3.63) is 40.8 Å². The summed E-state index contributed by atoms with van der Waals surface area (Å²) >= 11 is 0. The van der Waals surface area contributed by atoms with Crippen molar-refractivity contribution in [2.24, 2.45) is 0 Å². The highest BCUT2D eigenvalue weighted by Crippen LogP contribution is 2.22. The van der Waals surface area contributed by atoms with Crippen LogP contribution in [0.25, 0.3) is 5.69 Å². The highest BCUT2D eigenvalue weighted by atomic mass is 16.5. The molecule has 0 radical (unpaired) electrons. The number of likely N-dealkylation sites (tertiary alicyclic amines) is 1. The Bertz CT molecular complexity index is 794. The average Bonchev–Trinajstić information content (AvgIpc) is 3.32. The highest BCUT2D eigenvalue weighted by Gasteiger charge is 2.33. The van der Waals surface area contributed by atoms with Gasteiger partial charge in [0.1, 0.15) is 6.10 Å². The van der Waals surface area contributed by atoms with Gasteiger partial charge >= 0.3 is 5.69 Å². The molecule has 0 bridgehead atoms. The summed E-state index contributed by atoms with van der Waals surface area (Å²) in [5, 5.41) is 8.05. The van der Waals surface area contributed by atoms with Gasteiger partial charge in [-0.05, 0) is 48.2 Å². The number of nitrogens with zero attached hydrogens (tertiary/aromatic N) is 5. The Morgan fingerprint density at radius 3 is 2.72 bits per heavy atom. The molecule has 2 aromatic rings. The molecule has 1 aromatic carbocycles. The SMILES string of the molecule is O=C([C@@H]1CCCO1)N1CCC[C@H](n2nnn(-c3ccccc3)c2=O)C1. The second kappa shape index (κ2) is 6.79. The predicted octanol–water partition coefficient (Wildman–Crippen LogP) is 0.771. The molecule has 0 aliphatic carbocycles. The second-order valence-corrected chi connectivity index (χ2v) is 6.54. The molecule has 2 aliphatic rings. The van der Waals surface area contributed by atoms with Crippen LogP contribution in [0.15, 0.2) is 35.1 Å². The first-order chi connectivity index (χ1) is 12.2. The lowest BCUT2D eigenvalue weighted by atomic mass is 10.0. The van der Waals surface area contributed by atoms with Crippen LogP contribution in [0.3, 0.4) is 0 Å². The van der Waals surface area contributed by atoms with Gasteiger partial charge in [-0.2, -0.15) is 9.36 Å². The maximum atomic E-state index is 12.7. The third kappa shape index (κ3) is 3.09. The largest absolute Gasteiger partial charge is 0.368 e. The number of piperidine rings is 1. The van der Waals surface area contributed by atoms with Crippen LogP contribution in [0.4, 0.5) is 0 Å². The number of ether oxygens (including phenoxy) is 1. The quantitative estimate of drug-likeness (QED) is 0.822. The maximum absolute atomic E-state index is 12.7. The number of para-hydroxylation sites is 1. The smallest absolute Gasteiger partial charge is 0.368 e. The van der Waals surface area contributed by atoms with E-state index in [1.165, 1.54) is 9.36 Å². The fourth-order valence-corrected chi connectivity index (χ4v) is 3.55. The number of hydrogen-bond acceptors (Lipinski definition) is 5. The molecular formula is C17H21N5O3. The topological polar surface area (TPSA) is 82.2 Å². The number of tetrazole rings is 1. The van der Waals surface area contributed by atoms with Crippen molar-refractivity contribution in [3.63, 3.8) is 0 Å². The van der Waals surface area contributed by atoms with Gasteiger partial charge in [0, 0.05) is 19.7 Å². The van der Waals surface area contributed by atoms with Crippen LogP contribution in [-0.4, -0.2) is 56.4 Å². The molecule has 25 heavy (non-hydrogen) atoms. The van der Waals surface area contributed by atoms with E-state index < -0.39 is 0 Å². The number of benzene rings is 1. The van der Waals surface area contributed by atoms with Crippen LogP contribution >= 0.6 is 0 Å². The van der Waals surface area contributed by atoms with E-state index in [1.54, 1.807) is 4.90 Å². The van der Waals surface area contributed by atoms with Crippen molar-refractivity contribution in [2.75, 3.05) is 19.7 Å². The van der Waals surface area contributed by atoms with E-state index in [0.29, 0.717) is 25.4 Å². The van der Waals surface area contributed by atoms with E-state index >= 15 is 0 Å². The molecule has 132 valence electrons. The molecule has 0 spiro atoms. The zero-order valence-electron chi connectivity index (χ0n) is 14.0. The van der Waals surface area contributed by atoms with Crippen molar-refractivity contribution >= 4 is 5.91 Å². The number of rotatable bonds is 3. The summed E-state index contributed by atoms with van der Waals surface area (Å²) in [5.41, 5.74) is 0.407. The van der Waals surface area contributed by atoms with Crippen LogP contribution in [0.1, 0.15) is 31.7 Å². The van der Waals surface area contributed by atoms with Crippen LogP contribution in [0.2, 0.25) is 0 Å². The van der Waals surface area contributed by atoms with E-state index in [2.05, 4.69) is 10.4 Å². The lowest BCUT2D eigenvalue weighted by molar-refractivity contribution is -0.142. The van der Waals surface area contributed by atoms with Crippen LogP contribution in [-0.2, 0) is 9.53 Å². The van der Waals surface area contributed by atoms with E-state index in [4.69, 9.17) is 4.74 Å². The third-order valence-electron chi connectivity index (χ3n) is 4.86. The number of carbonyl (C=O) groups is 1. The fraction of sp³-hybridized carbons (Fsp3) is 0.529. The maximum Gasteiger partial charge on any atom is 0.368 e. The lowest BCUT2D eigenvalue weighted by Crippen LogP contribution is -2.46.